The van der Waals surface area contributed by atoms with Crippen LogP contribution in [0.15, 0.2) is 47.8 Å². The van der Waals surface area contributed by atoms with Gasteiger partial charge < -0.3 is 10.0 Å². The molecule has 18 heavy (non-hydrogen) atoms. The van der Waals surface area contributed by atoms with Crippen molar-refractivity contribution < 1.29 is 5.11 Å². The lowest BCUT2D eigenvalue weighted by Crippen LogP contribution is -2.38. The summed E-state index contributed by atoms with van der Waals surface area (Å²) < 4.78 is 0. The van der Waals surface area contributed by atoms with Crippen LogP contribution in [0.25, 0.3) is 0 Å². The minimum Gasteiger partial charge on any atom is -0.383 e. The molecule has 0 bridgehead atoms. The van der Waals surface area contributed by atoms with E-state index in [0.717, 1.165) is 17.1 Å². The molecular formula is C15H19NOS. The minimum absolute atomic E-state index is 0.605. The molecule has 0 aliphatic heterocycles. The molecule has 2 aromatic rings. The van der Waals surface area contributed by atoms with E-state index in [1.807, 2.05) is 42.6 Å². The van der Waals surface area contributed by atoms with E-state index in [9.17, 15) is 5.11 Å². The van der Waals surface area contributed by atoms with Crippen molar-refractivity contribution in [3.8, 4) is 0 Å². The van der Waals surface area contributed by atoms with Crippen LogP contribution in [0.5, 0.6) is 0 Å². The van der Waals surface area contributed by atoms with Gasteiger partial charge in [0.05, 0.1) is 6.54 Å². The van der Waals surface area contributed by atoms with Crippen LogP contribution in [-0.4, -0.2) is 18.2 Å². The van der Waals surface area contributed by atoms with E-state index in [1.54, 1.807) is 11.3 Å². The summed E-state index contributed by atoms with van der Waals surface area (Å²) in [5, 5.41) is 12.6. The second-order valence-corrected chi connectivity index (χ2v) is 5.55. The van der Waals surface area contributed by atoms with Crippen molar-refractivity contribution in [3.05, 3.63) is 52.7 Å². The van der Waals surface area contributed by atoms with E-state index in [1.165, 1.54) is 0 Å². The molecule has 0 radical (unpaired) electrons. The fourth-order valence-corrected chi connectivity index (χ4v) is 2.84. The highest BCUT2D eigenvalue weighted by Gasteiger charge is 2.26. The molecule has 0 saturated heterocycles. The van der Waals surface area contributed by atoms with Gasteiger partial charge in [0.2, 0.25) is 0 Å². The Labute approximate surface area is 113 Å². The van der Waals surface area contributed by atoms with E-state index in [-0.39, 0.29) is 0 Å². The molecule has 0 fully saturated rings. The van der Waals surface area contributed by atoms with Crippen LogP contribution in [-0.2, 0) is 5.60 Å². The van der Waals surface area contributed by atoms with Crippen LogP contribution in [0.4, 0.5) is 5.69 Å². The number of hydrogen-bond acceptors (Lipinski definition) is 3. The highest BCUT2D eigenvalue weighted by atomic mass is 32.1. The summed E-state index contributed by atoms with van der Waals surface area (Å²) in [4.78, 5) is 3.21. The van der Waals surface area contributed by atoms with E-state index < -0.39 is 5.60 Å². The van der Waals surface area contributed by atoms with Crippen LogP contribution in [0.1, 0.15) is 18.7 Å². The SMILES string of the molecule is CCN(CC(C)(O)c1cccs1)c1ccccc1. The van der Waals surface area contributed by atoms with Gasteiger partial charge in [-0.2, -0.15) is 0 Å². The quantitative estimate of drug-likeness (QED) is 0.890. The third kappa shape index (κ3) is 2.92. The summed E-state index contributed by atoms with van der Waals surface area (Å²) in [5.74, 6) is 0. The smallest absolute Gasteiger partial charge is 0.113 e. The summed E-state index contributed by atoms with van der Waals surface area (Å²) in [6.45, 7) is 5.47. The van der Waals surface area contributed by atoms with Gasteiger partial charge >= 0.3 is 0 Å². The normalized spacial score (nSPS) is 14.2. The number of likely N-dealkylation sites (N-methyl/N-ethyl adjacent to an activating group) is 1. The highest BCUT2D eigenvalue weighted by Crippen LogP contribution is 2.28. The lowest BCUT2D eigenvalue weighted by molar-refractivity contribution is 0.0685. The Bertz CT molecular complexity index is 465. The van der Waals surface area contributed by atoms with E-state index in [0.29, 0.717) is 6.54 Å². The standard InChI is InChI=1S/C15H19NOS/c1-3-16(13-8-5-4-6-9-13)12-15(2,17)14-10-7-11-18-14/h4-11,17H,3,12H2,1-2H3. The summed E-state index contributed by atoms with van der Waals surface area (Å²) in [7, 11) is 0. The lowest BCUT2D eigenvalue weighted by atomic mass is 10.0. The molecule has 1 aromatic heterocycles. The third-order valence-electron chi connectivity index (χ3n) is 3.05. The number of para-hydroxylation sites is 1. The number of rotatable bonds is 5. The first-order valence-electron chi connectivity index (χ1n) is 6.20. The topological polar surface area (TPSA) is 23.5 Å². The van der Waals surface area contributed by atoms with E-state index in [2.05, 4.69) is 24.0 Å². The molecule has 0 aliphatic carbocycles. The zero-order valence-corrected chi connectivity index (χ0v) is 11.7. The zero-order chi connectivity index (χ0) is 13.0. The molecule has 0 saturated carbocycles. The number of aliphatic hydroxyl groups is 1. The Morgan fingerprint density at radius 2 is 1.89 bits per heavy atom. The number of thiophene rings is 1. The molecule has 1 N–H and O–H groups in total. The molecule has 0 aliphatic rings. The third-order valence-corrected chi connectivity index (χ3v) is 4.18. The van der Waals surface area contributed by atoms with E-state index in [4.69, 9.17) is 0 Å². The fourth-order valence-electron chi connectivity index (χ4n) is 2.06. The predicted molar refractivity (Wildman–Crippen MR) is 78.2 cm³/mol. The molecule has 1 heterocycles. The first-order chi connectivity index (χ1) is 8.63. The van der Waals surface area contributed by atoms with Gasteiger partial charge in [-0.25, -0.2) is 0 Å². The van der Waals surface area contributed by atoms with Gasteiger partial charge in [0.15, 0.2) is 0 Å². The number of anilines is 1. The Hall–Kier alpha value is -1.32. The maximum atomic E-state index is 10.6. The Kier molecular flexibility index (Phi) is 4.04. The van der Waals surface area contributed by atoms with Crippen molar-refractivity contribution >= 4 is 17.0 Å². The fraction of sp³-hybridized carbons (Fsp3) is 0.333. The van der Waals surface area contributed by atoms with Gasteiger partial charge in [0, 0.05) is 17.1 Å². The van der Waals surface area contributed by atoms with Crippen LogP contribution in [0.2, 0.25) is 0 Å². The first-order valence-corrected chi connectivity index (χ1v) is 7.08. The molecule has 1 unspecified atom stereocenters. The van der Waals surface area contributed by atoms with Crippen LogP contribution in [0, 0.1) is 0 Å². The second kappa shape index (κ2) is 5.55. The van der Waals surface area contributed by atoms with Crippen LogP contribution >= 0.6 is 11.3 Å². The molecule has 1 aromatic carbocycles. The Balaban J connectivity index is 2.16. The zero-order valence-electron chi connectivity index (χ0n) is 10.8. The number of nitrogens with zero attached hydrogens (tertiary/aromatic N) is 1. The number of benzene rings is 1. The van der Waals surface area contributed by atoms with Crippen molar-refractivity contribution in [3.63, 3.8) is 0 Å². The van der Waals surface area contributed by atoms with Crippen molar-refractivity contribution in [1.82, 2.24) is 0 Å². The van der Waals surface area contributed by atoms with Gasteiger partial charge in [-0.1, -0.05) is 24.3 Å². The van der Waals surface area contributed by atoms with Crippen molar-refractivity contribution in [2.75, 3.05) is 18.0 Å². The molecule has 0 amide bonds. The monoisotopic (exact) mass is 261 g/mol. The predicted octanol–water partition coefficient (Wildman–Crippen LogP) is 3.48. The largest absolute Gasteiger partial charge is 0.383 e. The highest BCUT2D eigenvalue weighted by molar-refractivity contribution is 7.10. The number of hydrogen-bond donors (Lipinski definition) is 1. The maximum absolute atomic E-state index is 10.6. The maximum Gasteiger partial charge on any atom is 0.113 e. The molecule has 96 valence electrons. The van der Waals surface area contributed by atoms with Gasteiger partial charge in [-0.05, 0) is 37.4 Å². The van der Waals surface area contributed by atoms with Gasteiger partial charge in [0.25, 0.3) is 0 Å². The molecule has 2 nitrogen and oxygen atoms in total. The van der Waals surface area contributed by atoms with Crippen molar-refractivity contribution in [2.45, 2.75) is 19.4 Å². The molecule has 1 atom stereocenters. The summed E-state index contributed by atoms with van der Waals surface area (Å²) >= 11 is 1.60. The first kappa shape index (κ1) is 13.1. The van der Waals surface area contributed by atoms with Crippen molar-refractivity contribution in [2.24, 2.45) is 0 Å². The molecule has 0 spiro atoms. The van der Waals surface area contributed by atoms with Crippen LogP contribution < -0.4 is 4.90 Å². The van der Waals surface area contributed by atoms with E-state index >= 15 is 0 Å². The molecule has 2 rings (SSSR count). The lowest BCUT2D eigenvalue weighted by Gasteiger charge is -2.31. The van der Waals surface area contributed by atoms with Gasteiger partial charge in [-0.15, -0.1) is 11.3 Å². The Morgan fingerprint density at radius 3 is 2.44 bits per heavy atom. The van der Waals surface area contributed by atoms with Gasteiger partial charge in [0.1, 0.15) is 5.60 Å². The van der Waals surface area contributed by atoms with Crippen molar-refractivity contribution in [1.29, 1.82) is 0 Å². The second-order valence-electron chi connectivity index (χ2n) is 4.60. The summed E-state index contributed by atoms with van der Waals surface area (Å²) in [6.07, 6.45) is 0. The van der Waals surface area contributed by atoms with Crippen LogP contribution in [0.3, 0.4) is 0 Å². The Morgan fingerprint density at radius 1 is 1.17 bits per heavy atom. The average Bonchev–Trinajstić information content (AvgIpc) is 2.92. The molecule has 3 heteroatoms. The average molecular weight is 261 g/mol. The molecular weight excluding hydrogens is 242 g/mol. The summed E-state index contributed by atoms with van der Waals surface area (Å²) in [5.41, 5.74) is 0.344. The minimum atomic E-state index is -0.806. The van der Waals surface area contributed by atoms with Gasteiger partial charge in [-0.3, -0.25) is 0 Å². The summed E-state index contributed by atoms with van der Waals surface area (Å²) in [6, 6.07) is 14.2.